The van der Waals surface area contributed by atoms with Crippen molar-refractivity contribution in [2.24, 2.45) is 0 Å². The Morgan fingerprint density at radius 1 is 0.260 bits per heavy atom. The lowest BCUT2D eigenvalue weighted by Gasteiger charge is -2.16. The van der Waals surface area contributed by atoms with Crippen molar-refractivity contribution in [1.82, 2.24) is 15.0 Å². The van der Waals surface area contributed by atoms with E-state index in [1.54, 1.807) is 0 Å². The predicted octanol–water partition coefficient (Wildman–Crippen LogP) is 12.3. The molecule has 232 valence electrons. The van der Waals surface area contributed by atoms with Gasteiger partial charge in [0.1, 0.15) is 0 Å². The molecule has 10 rings (SSSR count). The zero-order valence-corrected chi connectivity index (χ0v) is 27.1. The molecule has 1 aromatic heterocycles. The van der Waals surface area contributed by atoms with Crippen molar-refractivity contribution in [3.8, 4) is 45.3 Å². The number of rotatable bonds is 4. The first-order valence-electron chi connectivity index (χ1n) is 16.9. The highest BCUT2D eigenvalue weighted by molar-refractivity contribution is 6.22. The second-order valence-electron chi connectivity index (χ2n) is 12.8. The van der Waals surface area contributed by atoms with Crippen molar-refractivity contribution in [2.45, 2.75) is 0 Å². The van der Waals surface area contributed by atoms with E-state index in [2.05, 4.69) is 158 Å². The highest BCUT2D eigenvalue weighted by atomic mass is 15.0. The lowest BCUT2D eigenvalue weighted by Crippen LogP contribution is -2.01. The lowest BCUT2D eigenvalue weighted by molar-refractivity contribution is 1.08. The Kier molecular flexibility index (Phi) is 6.49. The number of fused-ring (bicyclic) bond motifs is 7. The van der Waals surface area contributed by atoms with Crippen LogP contribution in [0.3, 0.4) is 0 Å². The van der Waals surface area contributed by atoms with Crippen molar-refractivity contribution in [3.05, 3.63) is 176 Å². The maximum Gasteiger partial charge on any atom is 0.164 e. The Labute approximate surface area is 289 Å². The molecular weight excluding hydrogens is 607 g/mol. The van der Waals surface area contributed by atoms with E-state index in [9.17, 15) is 0 Å². The monoisotopic (exact) mass is 635 g/mol. The summed E-state index contributed by atoms with van der Waals surface area (Å²) in [5, 5.41) is 12.1. The molecule has 50 heavy (non-hydrogen) atoms. The number of aromatic nitrogens is 3. The molecule has 0 aliphatic rings. The van der Waals surface area contributed by atoms with E-state index in [0.717, 1.165) is 32.8 Å². The molecule has 0 atom stereocenters. The van der Waals surface area contributed by atoms with Crippen LogP contribution in [0.1, 0.15) is 0 Å². The van der Waals surface area contributed by atoms with E-state index in [0.29, 0.717) is 17.5 Å². The summed E-state index contributed by atoms with van der Waals surface area (Å²) < 4.78 is 0. The minimum atomic E-state index is 0.652. The summed E-state index contributed by atoms with van der Waals surface area (Å²) in [5.41, 5.74) is 5.28. The van der Waals surface area contributed by atoms with Crippen molar-refractivity contribution in [3.63, 3.8) is 0 Å². The Morgan fingerprint density at radius 3 is 1.68 bits per heavy atom. The van der Waals surface area contributed by atoms with Gasteiger partial charge in [0.15, 0.2) is 17.5 Å². The van der Waals surface area contributed by atoms with E-state index in [-0.39, 0.29) is 0 Å². The molecule has 3 heteroatoms. The highest BCUT2D eigenvalue weighted by Gasteiger charge is 2.18. The van der Waals surface area contributed by atoms with Gasteiger partial charge in [-0.05, 0) is 77.1 Å². The molecule has 0 N–H and O–H groups in total. The molecule has 0 saturated carbocycles. The Hall–Kier alpha value is -6.71. The second-order valence-corrected chi connectivity index (χ2v) is 12.8. The predicted molar refractivity (Wildman–Crippen MR) is 209 cm³/mol. The molecule has 0 unspecified atom stereocenters. The van der Waals surface area contributed by atoms with Gasteiger partial charge in [0.25, 0.3) is 0 Å². The highest BCUT2D eigenvalue weighted by Crippen LogP contribution is 2.41. The molecule has 0 fully saturated rings. The third-order valence-electron chi connectivity index (χ3n) is 9.90. The molecule has 10 aromatic rings. The molecule has 3 nitrogen and oxygen atoms in total. The minimum absolute atomic E-state index is 0.652. The molecule has 1 heterocycles. The third kappa shape index (κ3) is 4.63. The molecule has 0 spiro atoms. The van der Waals surface area contributed by atoms with Crippen molar-refractivity contribution >= 4 is 53.9 Å². The summed E-state index contributed by atoms with van der Waals surface area (Å²) in [6.45, 7) is 0. The summed E-state index contributed by atoms with van der Waals surface area (Å²) in [4.78, 5) is 15.3. The van der Waals surface area contributed by atoms with Gasteiger partial charge in [-0.15, -0.1) is 0 Å². The smallest absolute Gasteiger partial charge is 0.164 e. The lowest BCUT2D eigenvalue weighted by atomic mass is 9.89. The zero-order chi connectivity index (χ0) is 33.0. The molecule has 0 aliphatic heterocycles. The minimum Gasteiger partial charge on any atom is -0.208 e. The van der Waals surface area contributed by atoms with E-state index in [1.807, 2.05) is 18.2 Å². The van der Waals surface area contributed by atoms with Crippen LogP contribution >= 0.6 is 0 Å². The fourth-order valence-electron chi connectivity index (χ4n) is 7.50. The first kappa shape index (κ1) is 28.3. The normalized spacial score (nSPS) is 11.6. The number of hydrogen-bond acceptors (Lipinski definition) is 3. The van der Waals surface area contributed by atoms with Crippen LogP contribution in [0.25, 0.3) is 99.2 Å². The van der Waals surface area contributed by atoms with Crippen LogP contribution in [0.2, 0.25) is 0 Å². The van der Waals surface area contributed by atoms with Crippen molar-refractivity contribution in [1.29, 1.82) is 0 Å². The molecule has 0 saturated heterocycles. The Bertz CT molecular complexity index is 2930. The SMILES string of the molecule is c1ccc(-c2nc(-c3ccc4ccccc4c3)nc(-c3ccc(-c4cccc5ccc6c7ccccc7ccc6c45)c4ccccc34)n2)cc1. The molecule has 0 radical (unpaired) electrons. The third-order valence-corrected chi connectivity index (χ3v) is 9.90. The summed E-state index contributed by atoms with van der Waals surface area (Å²) in [6.07, 6.45) is 0. The Morgan fingerprint density at radius 2 is 0.840 bits per heavy atom. The van der Waals surface area contributed by atoms with E-state index < -0.39 is 0 Å². The average Bonchev–Trinajstić information content (AvgIpc) is 3.20. The van der Waals surface area contributed by atoms with Gasteiger partial charge in [-0.2, -0.15) is 0 Å². The fourth-order valence-corrected chi connectivity index (χ4v) is 7.50. The van der Waals surface area contributed by atoms with E-state index in [1.165, 1.54) is 48.8 Å². The largest absolute Gasteiger partial charge is 0.208 e. The summed E-state index contributed by atoms with van der Waals surface area (Å²) >= 11 is 0. The quantitative estimate of drug-likeness (QED) is 0.181. The number of benzene rings is 9. The summed E-state index contributed by atoms with van der Waals surface area (Å²) in [7, 11) is 0. The average molecular weight is 636 g/mol. The second kappa shape index (κ2) is 11.5. The molecule has 0 aliphatic carbocycles. The standard InChI is InChI=1S/C47H29N3/c1-2-13-33(14-3-1)45-48-46(35-22-21-30-11-4-5-15-34(30)29-35)50-47(49-45)43-28-27-40(37-18-8-9-19-38(37)43)41-20-10-16-32-24-25-39-36-17-7-6-12-31(36)23-26-42(39)44(32)41/h1-29H. The Balaban J connectivity index is 1.20. The number of nitrogens with zero attached hydrogens (tertiary/aromatic N) is 3. The van der Waals surface area contributed by atoms with Gasteiger partial charge < -0.3 is 0 Å². The molecule has 9 aromatic carbocycles. The summed E-state index contributed by atoms with van der Waals surface area (Å²) in [6, 6.07) is 62.3. The maximum absolute atomic E-state index is 5.16. The first-order valence-corrected chi connectivity index (χ1v) is 16.9. The maximum atomic E-state index is 5.16. The van der Waals surface area contributed by atoms with Gasteiger partial charge in [-0.1, -0.05) is 164 Å². The van der Waals surface area contributed by atoms with E-state index >= 15 is 0 Å². The van der Waals surface area contributed by atoms with Gasteiger partial charge in [0, 0.05) is 16.7 Å². The van der Waals surface area contributed by atoms with Gasteiger partial charge in [-0.25, -0.2) is 15.0 Å². The molecular formula is C47H29N3. The van der Waals surface area contributed by atoms with Crippen LogP contribution in [0.5, 0.6) is 0 Å². The van der Waals surface area contributed by atoms with Crippen LogP contribution < -0.4 is 0 Å². The zero-order valence-electron chi connectivity index (χ0n) is 27.1. The van der Waals surface area contributed by atoms with Crippen molar-refractivity contribution < 1.29 is 0 Å². The van der Waals surface area contributed by atoms with Gasteiger partial charge in [-0.3, -0.25) is 0 Å². The molecule has 0 bridgehead atoms. The number of hydrogen-bond donors (Lipinski definition) is 0. The van der Waals surface area contributed by atoms with Crippen LogP contribution in [-0.4, -0.2) is 15.0 Å². The van der Waals surface area contributed by atoms with Crippen LogP contribution in [-0.2, 0) is 0 Å². The van der Waals surface area contributed by atoms with Crippen molar-refractivity contribution in [2.75, 3.05) is 0 Å². The van der Waals surface area contributed by atoms with Crippen LogP contribution in [0.15, 0.2) is 176 Å². The molecule has 0 amide bonds. The first-order chi connectivity index (χ1) is 24.8. The van der Waals surface area contributed by atoms with E-state index in [4.69, 9.17) is 15.0 Å². The van der Waals surface area contributed by atoms with Crippen LogP contribution in [0.4, 0.5) is 0 Å². The van der Waals surface area contributed by atoms with Gasteiger partial charge in [0.2, 0.25) is 0 Å². The topological polar surface area (TPSA) is 38.7 Å². The van der Waals surface area contributed by atoms with Gasteiger partial charge >= 0.3 is 0 Å². The summed E-state index contributed by atoms with van der Waals surface area (Å²) in [5.74, 6) is 1.96. The van der Waals surface area contributed by atoms with Crippen LogP contribution in [0, 0.1) is 0 Å². The fraction of sp³-hybridized carbons (Fsp3) is 0. The van der Waals surface area contributed by atoms with Gasteiger partial charge in [0.05, 0.1) is 0 Å².